The van der Waals surface area contributed by atoms with E-state index in [0.717, 1.165) is 38.1 Å². The molecule has 1 heterocycles. The van der Waals surface area contributed by atoms with Crippen molar-refractivity contribution >= 4 is 0 Å². The topological polar surface area (TPSA) is 33.3 Å². The van der Waals surface area contributed by atoms with Crippen LogP contribution in [0.3, 0.4) is 0 Å². The summed E-state index contributed by atoms with van der Waals surface area (Å²) in [7, 11) is 0. The van der Waals surface area contributed by atoms with E-state index in [1.807, 2.05) is 0 Å². The van der Waals surface area contributed by atoms with Gasteiger partial charge in [0.15, 0.2) is 0 Å². The standard InChI is InChI=1S/C15H30N2O/c1-13(11-15-5-2-3-8-17-15)16-9-4-10-18-12-14-6-7-14/h13-17H,2-12H2,1H3. The van der Waals surface area contributed by atoms with Crippen molar-refractivity contribution in [3.63, 3.8) is 0 Å². The van der Waals surface area contributed by atoms with Gasteiger partial charge in [-0.05, 0) is 64.5 Å². The predicted octanol–water partition coefficient (Wildman–Crippen LogP) is 2.31. The fourth-order valence-electron chi connectivity index (χ4n) is 2.69. The summed E-state index contributed by atoms with van der Waals surface area (Å²) in [6, 6.07) is 1.37. The van der Waals surface area contributed by atoms with Crippen molar-refractivity contribution in [2.24, 2.45) is 5.92 Å². The second-order valence-electron chi connectivity index (χ2n) is 6.11. The monoisotopic (exact) mass is 254 g/mol. The van der Waals surface area contributed by atoms with Crippen LogP contribution in [-0.2, 0) is 4.74 Å². The van der Waals surface area contributed by atoms with E-state index < -0.39 is 0 Å². The normalized spacial score (nSPS) is 26.2. The Labute approximate surface area is 112 Å². The molecule has 2 rings (SSSR count). The lowest BCUT2D eigenvalue weighted by Crippen LogP contribution is -2.40. The van der Waals surface area contributed by atoms with E-state index in [2.05, 4.69) is 17.6 Å². The summed E-state index contributed by atoms with van der Waals surface area (Å²) in [6.45, 7) is 6.55. The molecule has 0 spiro atoms. The number of nitrogens with one attached hydrogen (secondary N) is 2. The molecule has 3 nitrogen and oxygen atoms in total. The molecule has 1 aliphatic carbocycles. The van der Waals surface area contributed by atoms with Crippen LogP contribution < -0.4 is 10.6 Å². The van der Waals surface area contributed by atoms with Gasteiger partial charge in [0.05, 0.1) is 0 Å². The van der Waals surface area contributed by atoms with Gasteiger partial charge >= 0.3 is 0 Å². The first-order chi connectivity index (χ1) is 8.84. The molecule has 2 N–H and O–H groups in total. The lowest BCUT2D eigenvalue weighted by Gasteiger charge is -2.26. The van der Waals surface area contributed by atoms with Gasteiger partial charge in [-0.15, -0.1) is 0 Å². The van der Waals surface area contributed by atoms with E-state index in [1.54, 1.807) is 0 Å². The molecule has 0 bridgehead atoms. The first-order valence-corrected chi connectivity index (χ1v) is 7.89. The Morgan fingerprint density at radius 1 is 1.28 bits per heavy atom. The van der Waals surface area contributed by atoms with Crippen LogP contribution >= 0.6 is 0 Å². The highest BCUT2D eigenvalue weighted by molar-refractivity contribution is 4.77. The number of ether oxygens (including phenoxy) is 1. The second-order valence-corrected chi connectivity index (χ2v) is 6.11. The molecule has 18 heavy (non-hydrogen) atoms. The molecule has 1 saturated heterocycles. The molecule has 0 amide bonds. The maximum Gasteiger partial charge on any atom is 0.0494 e. The van der Waals surface area contributed by atoms with Gasteiger partial charge in [0.25, 0.3) is 0 Å². The van der Waals surface area contributed by atoms with E-state index in [1.165, 1.54) is 45.1 Å². The lowest BCUT2D eigenvalue weighted by molar-refractivity contribution is 0.121. The Balaban J connectivity index is 1.39. The van der Waals surface area contributed by atoms with Crippen LogP contribution in [0.2, 0.25) is 0 Å². The maximum absolute atomic E-state index is 5.64. The Kier molecular flexibility index (Phi) is 6.46. The smallest absolute Gasteiger partial charge is 0.0494 e. The number of rotatable bonds is 9. The molecule has 2 fully saturated rings. The Morgan fingerprint density at radius 2 is 2.17 bits per heavy atom. The molecule has 0 aromatic carbocycles. The van der Waals surface area contributed by atoms with Crippen molar-refractivity contribution in [1.29, 1.82) is 0 Å². The third kappa shape index (κ3) is 6.17. The predicted molar refractivity (Wildman–Crippen MR) is 75.9 cm³/mol. The van der Waals surface area contributed by atoms with E-state index in [-0.39, 0.29) is 0 Å². The third-order valence-corrected chi connectivity index (χ3v) is 4.06. The largest absolute Gasteiger partial charge is 0.381 e. The van der Waals surface area contributed by atoms with Gasteiger partial charge < -0.3 is 15.4 Å². The molecule has 1 aliphatic heterocycles. The third-order valence-electron chi connectivity index (χ3n) is 4.06. The van der Waals surface area contributed by atoms with E-state index >= 15 is 0 Å². The molecular weight excluding hydrogens is 224 g/mol. The van der Waals surface area contributed by atoms with Crippen LogP contribution in [0, 0.1) is 5.92 Å². The highest BCUT2D eigenvalue weighted by atomic mass is 16.5. The molecule has 3 heteroatoms. The van der Waals surface area contributed by atoms with Crippen molar-refractivity contribution in [2.45, 2.75) is 64.0 Å². The fraction of sp³-hybridized carbons (Fsp3) is 1.00. The molecule has 2 atom stereocenters. The van der Waals surface area contributed by atoms with Gasteiger partial charge in [-0.3, -0.25) is 0 Å². The van der Waals surface area contributed by atoms with Gasteiger partial charge in [-0.2, -0.15) is 0 Å². The summed E-state index contributed by atoms with van der Waals surface area (Å²) in [5.41, 5.74) is 0. The van der Waals surface area contributed by atoms with Crippen LogP contribution in [0.15, 0.2) is 0 Å². The zero-order valence-corrected chi connectivity index (χ0v) is 11.9. The van der Waals surface area contributed by atoms with Crippen molar-refractivity contribution in [3.8, 4) is 0 Å². The Hall–Kier alpha value is -0.120. The highest BCUT2D eigenvalue weighted by Gasteiger charge is 2.20. The Bertz CT molecular complexity index is 213. The van der Waals surface area contributed by atoms with Gasteiger partial charge in [0.2, 0.25) is 0 Å². The zero-order valence-electron chi connectivity index (χ0n) is 11.9. The van der Waals surface area contributed by atoms with Gasteiger partial charge in [-0.25, -0.2) is 0 Å². The summed E-state index contributed by atoms with van der Waals surface area (Å²) in [5, 5.41) is 7.23. The van der Waals surface area contributed by atoms with Crippen molar-refractivity contribution < 1.29 is 4.74 Å². The van der Waals surface area contributed by atoms with Crippen LogP contribution in [0.5, 0.6) is 0 Å². The summed E-state index contributed by atoms with van der Waals surface area (Å²) in [6.07, 6.45) is 9.32. The summed E-state index contributed by atoms with van der Waals surface area (Å²) >= 11 is 0. The number of hydrogen-bond acceptors (Lipinski definition) is 3. The average Bonchev–Trinajstić information content (AvgIpc) is 3.19. The second kappa shape index (κ2) is 8.13. The highest BCUT2D eigenvalue weighted by Crippen LogP contribution is 2.28. The molecule has 0 aromatic heterocycles. The van der Waals surface area contributed by atoms with Crippen LogP contribution in [0.4, 0.5) is 0 Å². The van der Waals surface area contributed by atoms with Crippen molar-refractivity contribution in [3.05, 3.63) is 0 Å². The zero-order chi connectivity index (χ0) is 12.6. The summed E-state index contributed by atoms with van der Waals surface area (Å²) in [4.78, 5) is 0. The first-order valence-electron chi connectivity index (χ1n) is 7.89. The molecule has 2 aliphatic rings. The van der Waals surface area contributed by atoms with E-state index in [0.29, 0.717) is 6.04 Å². The van der Waals surface area contributed by atoms with E-state index in [4.69, 9.17) is 4.74 Å². The number of hydrogen-bond donors (Lipinski definition) is 2. The van der Waals surface area contributed by atoms with Crippen LogP contribution in [-0.4, -0.2) is 38.4 Å². The fourth-order valence-corrected chi connectivity index (χ4v) is 2.69. The average molecular weight is 254 g/mol. The lowest BCUT2D eigenvalue weighted by atomic mass is 9.99. The van der Waals surface area contributed by atoms with Crippen LogP contribution in [0.25, 0.3) is 0 Å². The van der Waals surface area contributed by atoms with Crippen LogP contribution in [0.1, 0.15) is 51.9 Å². The molecule has 2 unspecified atom stereocenters. The number of piperidine rings is 1. The van der Waals surface area contributed by atoms with Gasteiger partial charge in [-0.1, -0.05) is 6.42 Å². The minimum atomic E-state index is 0.629. The van der Waals surface area contributed by atoms with Crippen molar-refractivity contribution in [1.82, 2.24) is 10.6 Å². The molecule has 106 valence electrons. The van der Waals surface area contributed by atoms with E-state index in [9.17, 15) is 0 Å². The summed E-state index contributed by atoms with van der Waals surface area (Å²) in [5.74, 6) is 0.897. The summed E-state index contributed by atoms with van der Waals surface area (Å²) < 4.78 is 5.64. The quantitative estimate of drug-likeness (QED) is 0.620. The molecular formula is C15H30N2O. The first kappa shape index (κ1) is 14.3. The SMILES string of the molecule is CC(CC1CCCCN1)NCCCOCC1CC1. The molecule has 1 saturated carbocycles. The molecule has 0 radical (unpaired) electrons. The van der Waals surface area contributed by atoms with Crippen molar-refractivity contribution in [2.75, 3.05) is 26.3 Å². The van der Waals surface area contributed by atoms with Gasteiger partial charge in [0, 0.05) is 25.3 Å². The van der Waals surface area contributed by atoms with Gasteiger partial charge in [0.1, 0.15) is 0 Å². The minimum absolute atomic E-state index is 0.629. The maximum atomic E-state index is 5.64. The molecule has 0 aromatic rings. The Morgan fingerprint density at radius 3 is 2.89 bits per heavy atom. The minimum Gasteiger partial charge on any atom is -0.381 e.